The van der Waals surface area contributed by atoms with E-state index < -0.39 is 46.2 Å². The number of fused-ring (bicyclic) bond motifs is 1. The van der Waals surface area contributed by atoms with Crippen LogP contribution in [0.3, 0.4) is 0 Å². The summed E-state index contributed by atoms with van der Waals surface area (Å²) in [5, 5.41) is 2.50. The van der Waals surface area contributed by atoms with Crippen molar-refractivity contribution in [1.29, 1.82) is 0 Å². The number of carbonyl (C=O) groups is 2. The summed E-state index contributed by atoms with van der Waals surface area (Å²) in [5.74, 6) is -7.14. The lowest BCUT2D eigenvalue weighted by atomic mass is 9.99. The molecule has 0 unspecified atom stereocenters. The van der Waals surface area contributed by atoms with Gasteiger partial charge in [-0.3, -0.25) is 14.6 Å². The third-order valence-corrected chi connectivity index (χ3v) is 4.87. The second-order valence-electron chi connectivity index (χ2n) is 6.99. The second kappa shape index (κ2) is 8.70. The van der Waals surface area contributed by atoms with Gasteiger partial charge in [0.2, 0.25) is 0 Å². The second-order valence-corrected chi connectivity index (χ2v) is 6.99. The zero-order valence-corrected chi connectivity index (χ0v) is 17.0. The Kier molecular flexibility index (Phi) is 5.78. The molecule has 0 bridgehead atoms. The van der Waals surface area contributed by atoms with Crippen molar-refractivity contribution in [2.75, 3.05) is 12.4 Å². The standard InChI is InChI=1S/C24H14F4N2O3/c1-33-16-9-14-7-12(5-6-18(14)29-11-16)23(31)20-21(27)17(26)10-19(22(20)28)30-24(32)13-3-2-4-15(25)8-13/h2-11H,1H3,(H,30,32). The highest BCUT2D eigenvalue weighted by atomic mass is 19.2. The zero-order valence-electron chi connectivity index (χ0n) is 17.0. The average Bonchev–Trinajstić information content (AvgIpc) is 2.81. The normalized spacial score (nSPS) is 10.8. The summed E-state index contributed by atoms with van der Waals surface area (Å²) < 4.78 is 62.3. The Balaban J connectivity index is 1.74. The number of nitrogens with one attached hydrogen (secondary N) is 1. The summed E-state index contributed by atoms with van der Waals surface area (Å²) in [6, 6.07) is 10.6. The number of amides is 1. The zero-order chi connectivity index (χ0) is 23.7. The van der Waals surface area contributed by atoms with Crippen LogP contribution in [-0.2, 0) is 0 Å². The van der Waals surface area contributed by atoms with Crippen LogP contribution in [0.1, 0.15) is 26.3 Å². The summed E-state index contributed by atoms with van der Waals surface area (Å²) in [6.45, 7) is 0. The summed E-state index contributed by atoms with van der Waals surface area (Å²) in [5.41, 5.74) is -1.77. The van der Waals surface area contributed by atoms with E-state index in [9.17, 15) is 22.8 Å². The van der Waals surface area contributed by atoms with E-state index in [1.165, 1.54) is 43.6 Å². The predicted octanol–water partition coefficient (Wildman–Crippen LogP) is 5.28. The summed E-state index contributed by atoms with van der Waals surface area (Å²) in [4.78, 5) is 29.4. The van der Waals surface area contributed by atoms with E-state index in [2.05, 4.69) is 4.98 Å². The van der Waals surface area contributed by atoms with Crippen molar-refractivity contribution in [2.24, 2.45) is 0 Å². The minimum absolute atomic E-state index is 0.136. The lowest BCUT2D eigenvalue weighted by Crippen LogP contribution is -2.17. The maximum atomic E-state index is 15.1. The largest absolute Gasteiger partial charge is 0.495 e. The van der Waals surface area contributed by atoms with Crippen LogP contribution in [0, 0.1) is 23.3 Å². The van der Waals surface area contributed by atoms with Crippen LogP contribution in [0.25, 0.3) is 10.9 Å². The highest BCUT2D eigenvalue weighted by Crippen LogP contribution is 2.28. The van der Waals surface area contributed by atoms with Gasteiger partial charge in [0, 0.05) is 22.6 Å². The third kappa shape index (κ3) is 4.25. The van der Waals surface area contributed by atoms with Gasteiger partial charge in [0.25, 0.3) is 5.91 Å². The number of anilines is 1. The molecule has 4 aromatic rings. The molecule has 3 aromatic carbocycles. The Bertz CT molecular complexity index is 1420. The lowest BCUT2D eigenvalue weighted by molar-refractivity contribution is 0.101. The highest BCUT2D eigenvalue weighted by Gasteiger charge is 2.26. The SMILES string of the molecule is COc1cnc2ccc(C(=O)c3c(F)c(F)cc(NC(=O)c4cccc(F)c4)c3F)cc2c1. The van der Waals surface area contributed by atoms with Crippen LogP contribution in [0.15, 0.2) is 60.8 Å². The first-order chi connectivity index (χ1) is 15.8. The van der Waals surface area contributed by atoms with E-state index in [4.69, 9.17) is 4.74 Å². The molecular formula is C24H14F4N2O3. The molecule has 1 amide bonds. The van der Waals surface area contributed by atoms with Gasteiger partial charge in [-0.25, -0.2) is 17.6 Å². The number of hydrogen-bond acceptors (Lipinski definition) is 4. The molecule has 166 valence electrons. The quantitative estimate of drug-likeness (QED) is 0.253. The molecule has 33 heavy (non-hydrogen) atoms. The number of methoxy groups -OCH3 is 1. The van der Waals surface area contributed by atoms with E-state index in [-0.39, 0.29) is 11.1 Å². The van der Waals surface area contributed by atoms with Gasteiger partial charge < -0.3 is 10.1 Å². The minimum Gasteiger partial charge on any atom is -0.495 e. The van der Waals surface area contributed by atoms with Crippen molar-refractivity contribution in [1.82, 2.24) is 4.98 Å². The molecule has 1 heterocycles. The molecule has 0 saturated carbocycles. The van der Waals surface area contributed by atoms with Crippen molar-refractivity contribution in [3.8, 4) is 5.75 Å². The monoisotopic (exact) mass is 454 g/mol. The fourth-order valence-corrected chi connectivity index (χ4v) is 3.23. The first-order valence-corrected chi connectivity index (χ1v) is 9.51. The molecule has 5 nitrogen and oxygen atoms in total. The topological polar surface area (TPSA) is 68.3 Å². The van der Waals surface area contributed by atoms with Crippen LogP contribution in [0.4, 0.5) is 23.2 Å². The molecule has 1 N–H and O–H groups in total. The Morgan fingerprint density at radius 3 is 2.42 bits per heavy atom. The molecule has 0 aliphatic rings. The van der Waals surface area contributed by atoms with Crippen LogP contribution >= 0.6 is 0 Å². The fourth-order valence-electron chi connectivity index (χ4n) is 3.23. The van der Waals surface area contributed by atoms with Crippen LogP contribution in [0.5, 0.6) is 5.75 Å². The first-order valence-electron chi connectivity index (χ1n) is 9.51. The maximum Gasteiger partial charge on any atom is 0.255 e. The molecule has 0 aliphatic carbocycles. The van der Waals surface area contributed by atoms with Crippen LogP contribution in [-0.4, -0.2) is 23.8 Å². The molecule has 0 spiro atoms. The van der Waals surface area contributed by atoms with Gasteiger partial charge in [-0.2, -0.15) is 0 Å². The van der Waals surface area contributed by atoms with Crippen molar-refractivity contribution in [3.05, 3.63) is 101 Å². The van der Waals surface area contributed by atoms with E-state index in [0.29, 0.717) is 22.7 Å². The van der Waals surface area contributed by atoms with Crippen molar-refractivity contribution < 1.29 is 31.9 Å². The van der Waals surface area contributed by atoms with Crippen LogP contribution < -0.4 is 10.1 Å². The summed E-state index contributed by atoms with van der Waals surface area (Å²) in [6.07, 6.45) is 1.46. The van der Waals surface area contributed by atoms with Crippen molar-refractivity contribution in [3.63, 3.8) is 0 Å². The molecule has 9 heteroatoms. The maximum absolute atomic E-state index is 15.1. The number of rotatable bonds is 5. The molecule has 0 aliphatic heterocycles. The fraction of sp³-hybridized carbons (Fsp3) is 0.0417. The molecule has 0 fully saturated rings. The highest BCUT2D eigenvalue weighted by molar-refractivity contribution is 6.12. The number of nitrogens with zero attached hydrogens (tertiary/aromatic N) is 1. The number of benzene rings is 3. The van der Waals surface area contributed by atoms with E-state index >= 15 is 4.39 Å². The molecule has 0 atom stereocenters. The Morgan fingerprint density at radius 1 is 0.909 bits per heavy atom. The van der Waals surface area contributed by atoms with Crippen molar-refractivity contribution >= 4 is 28.3 Å². The number of carbonyl (C=O) groups excluding carboxylic acids is 2. The van der Waals surface area contributed by atoms with Gasteiger partial charge >= 0.3 is 0 Å². The van der Waals surface area contributed by atoms with E-state index in [1.807, 2.05) is 5.32 Å². The van der Waals surface area contributed by atoms with Gasteiger partial charge in [-0.05, 0) is 42.5 Å². The summed E-state index contributed by atoms with van der Waals surface area (Å²) in [7, 11) is 1.43. The number of hydrogen-bond donors (Lipinski definition) is 1. The van der Waals surface area contributed by atoms with Gasteiger partial charge in [0.05, 0.1) is 30.1 Å². The molecule has 0 radical (unpaired) electrons. The predicted molar refractivity (Wildman–Crippen MR) is 112 cm³/mol. The molecular weight excluding hydrogens is 440 g/mol. The van der Waals surface area contributed by atoms with E-state index in [1.54, 1.807) is 6.07 Å². The number of aromatic nitrogens is 1. The van der Waals surface area contributed by atoms with Gasteiger partial charge in [-0.1, -0.05) is 6.07 Å². The van der Waals surface area contributed by atoms with Gasteiger partial charge in [0.1, 0.15) is 11.6 Å². The molecule has 4 rings (SSSR count). The number of halogens is 4. The molecule has 0 saturated heterocycles. The van der Waals surface area contributed by atoms with Gasteiger partial charge in [-0.15, -0.1) is 0 Å². The van der Waals surface area contributed by atoms with Crippen LogP contribution in [0.2, 0.25) is 0 Å². The van der Waals surface area contributed by atoms with Crippen molar-refractivity contribution in [2.45, 2.75) is 0 Å². The molecule has 1 aromatic heterocycles. The average molecular weight is 454 g/mol. The summed E-state index contributed by atoms with van der Waals surface area (Å²) >= 11 is 0. The number of ether oxygens (including phenoxy) is 1. The Labute approximate surface area is 184 Å². The lowest BCUT2D eigenvalue weighted by Gasteiger charge is -2.12. The Hall–Kier alpha value is -4.27. The first kappa shape index (κ1) is 21.9. The smallest absolute Gasteiger partial charge is 0.255 e. The minimum atomic E-state index is -1.70. The van der Waals surface area contributed by atoms with Gasteiger partial charge in [0.15, 0.2) is 23.2 Å². The third-order valence-electron chi connectivity index (χ3n) is 4.87. The number of ketones is 1. The number of pyridine rings is 1. The Morgan fingerprint density at radius 2 is 1.70 bits per heavy atom. The van der Waals surface area contributed by atoms with E-state index in [0.717, 1.165) is 12.1 Å².